The van der Waals surface area contributed by atoms with E-state index in [1.165, 1.54) is 0 Å². The van der Waals surface area contributed by atoms with Gasteiger partial charge < -0.3 is 15.5 Å². The van der Waals surface area contributed by atoms with Gasteiger partial charge in [0.1, 0.15) is 0 Å². The number of piperazine rings is 1. The molecule has 1 saturated heterocycles. The van der Waals surface area contributed by atoms with Gasteiger partial charge in [0.05, 0.1) is 11.4 Å². The number of guanidine groups is 1. The molecule has 1 saturated carbocycles. The predicted octanol–water partition coefficient (Wildman–Crippen LogP) is 0.532. The van der Waals surface area contributed by atoms with E-state index in [0.29, 0.717) is 35.5 Å². The molecule has 2 N–H and O–H groups in total. The molecule has 0 bridgehead atoms. The zero-order chi connectivity index (χ0) is 18.0. The van der Waals surface area contributed by atoms with Crippen molar-refractivity contribution < 1.29 is 8.42 Å². The molecule has 0 aromatic heterocycles. The molecule has 1 aromatic carbocycles. The van der Waals surface area contributed by atoms with Gasteiger partial charge in [-0.2, -0.15) is 4.31 Å². The first-order valence-corrected chi connectivity index (χ1v) is 10.1. The van der Waals surface area contributed by atoms with Crippen LogP contribution in [0.1, 0.15) is 18.4 Å². The first kappa shape index (κ1) is 18.2. The Labute approximate surface area is 150 Å². The smallest absolute Gasteiger partial charge is 0.243 e. The third kappa shape index (κ3) is 4.13. The van der Waals surface area contributed by atoms with Crippen molar-refractivity contribution in [1.82, 2.24) is 14.1 Å². The Balaban J connectivity index is 1.79. The molecule has 25 heavy (non-hydrogen) atoms. The van der Waals surface area contributed by atoms with E-state index in [1.54, 1.807) is 16.4 Å². The fraction of sp³-hybridized carbons (Fsp3) is 0.588. The predicted molar refractivity (Wildman–Crippen MR) is 98.8 cm³/mol. The van der Waals surface area contributed by atoms with Crippen LogP contribution in [0.25, 0.3) is 0 Å². The van der Waals surface area contributed by atoms with Crippen molar-refractivity contribution in [2.75, 3.05) is 40.3 Å². The van der Waals surface area contributed by atoms with Crippen LogP contribution in [0.15, 0.2) is 34.2 Å². The maximum atomic E-state index is 13.0. The Morgan fingerprint density at radius 2 is 1.88 bits per heavy atom. The number of nitrogens with zero attached hydrogens (tertiary/aromatic N) is 4. The highest BCUT2D eigenvalue weighted by molar-refractivity contribution is 7.89. The van der Waals surface area contributed by atoms with E-state index in [0.717, 1.165) is 25.9 Å². The minimum atomic E-state index is -3.51. The van der Waals surface area contributed by atoms with Gasteiger partial charge in [-0.25, -0.2) is 13.4 Å². The molecule has 0 unspecified atom stereocenters. The van der Waals surface area contributed by atoms with E-state index in [-0.39, 0.29) is 6.54 Å². The van der Waals surface area contributed by atoms with E-state index < -0.39 is 10.0 Å². The molecule has 0 spiro atoms. The van der Waals surface area contributed by atoms with E-state index in [1.807, 2.05) is 31.1 Å². The van der Waals surface area contributed by atoms with E-state index >= 15 is 0 Å². The van der Waals surface area contributed by atoms with Crippen LogP contribution in [0.4, 0.5) is 0 Å². The lowest BCUT2D eigenvalue weighted by Crippen LogP contribution is -2.47. The van der Waals surface area contributed by atoms with Crippen LogP contribution < -0.4 is 5.73 Å². The number of hydrogen-bond donors (Lipinski definition) is 1. The van der Waals surface area contributed by atoms with Gasteiger partial charge in [0, 0.05) is 39.3 Å². The standard InChI is InChI=1S/C17H27N5O2S/c1-20-9-11-22(12-10-20)25(23,24)16-6-4-3-5-14(16)13-19-17(18)21(2)15-7-8-15/h3-6,15H,7-13H2,1-2H3,(H2,18,19). The van der Waals surface area contributed by atoms with E-state index in [2.05, 4.69) is 9.89 Å². The summed E-state index contributed by atoms with van der Waals surface area (Å²) in [5, 5.41) is 0. The molecule has 3 rings (SSSR count). The maximum Gasteiger partial charge on any atom is 0.243 e. The quantitative estimate of drug-likeness (QED) is 0.608. The van der Waals surface area contributed by atoms with Gasteiger partial charge in [0.15, 0.2) is 5.96 Å². The summed E-state index contributed by atoms with van der Waals surface area (Å²) in [6.07, 6.45) is 2.28. The minimum absolute atomic E-state index is 0.270. The maximum absolute atomic E-state index is 13.0. The number of likely N-dealkylation sites (N-methyl/N-ethyl adjacent to an activating group) is 1. The van der Waals surface area contributed by atoms with Crippen LogP contribution in [-0.2, 0) is 16.6 Å². The van der Waals surface area contributed by atoms with Crippen LogP contribution in [0.5, 0.6) is 0 Å². The number of hydrogen-bond acceptors (Lipinski definition) is 4. The van der Waals surface area contributed by atoms with Crippen molar-refractivity contribution in [3.8, 4) is 0 Å². The van der Waals surface area contributed by atoms with Crippen LogP contribution in [0.2, 0.25) is 0 Å². The minimum Gasteiger partial charge on any atom is -0.370 e. The average Bonchev–Trinajstić information content (AvgIpc) is 3.44. The molecule has 2 aliphatic rings. The summed E-state index contributed by atoms with van der Waals surface area (Å²) in [5.41, 5.74) is 6.72. The first-order valence-electron chi connectivity index (χ1n) is 8.69. The van der Waals surface area contributed by atoms with Crippen LogP contribution >= 0.6 is 0 Å². The Hall–Kier alpha value is -1.64. The van der Waals surface area contributed by atoms with Crippen molar-refractivity contribution >= 4 is 16.0 Å². The van der Waals surface area contributed by atoms with Crippen molar-refractivity contribution in [3.63, 3.8) is 0 Å². The molecule has 1 aliphatic carbocycles. The number of rotatable bonds is 5. The largest absolute Gasteiger partial charge is 0.370 e. The summed E-state index contributed by atoms with van der Waals surface area (Å²) < 4.78 is 27.6. The van der Waals surface area contributed by atoms with Crippen molar-refractivity contribution in [3.05, 3.63) is 29.8 Å². The lowest BCUT2D eigenvalue weighted by molar-refractivity contribution is 0.222. The molecule has 1 heterocycles. The van der Waals surface area contributed by atoms with Gasteiger partial charge in [-0.15, -0.1) is 0 Å². The molecule has 138 valence electrons. The summed E-state index contributed by atoms with van der Waals surface area (Å²) >= 11 is 0. The van der Waals surface area contributed by atoms with Gasteiger partial charge >= 0.3 is 0 Å². The van der Waals surface area contributed by atoms with Gasteiger partial charge in [-0.05, 0) is 31.5 Å². The number of benzene rings is 1. The van der Waals surface area contributed by atoms with Crippen LogP contribution in [0, 0.1) is 0 Å². The topological polar surface area (TPSA) is 82.2 Å². The Kier molecular flexibility index (Phi) is 5.31. The van der Waals surface area contributed by atoms with Crippen molar-refractivity contribution in [2.24, 2.45) is 10.7 Å². The number of sulfonamides is 1. The third-order valence-corrected chi connectivity index (χ3v) is 6.92. The highest BCUT2D eigenvalue weighted by atomic mass is 32.2. The summed E-state index contributed by atoms with van der Waals surface area (Å²) in [4.78, 5) is 8.86. The van der Waals surface area contributed by atoms with Crippen molar-refractivity contribution in [1.29, 1.82) is 0 Å². The molecular weight excluding hydrogens is 338 g/mol. The summed E-state index contributed by atoms with van der Waals surface area (Å²) in [5.74, 6) is 0.467. The fourth-order valence-corrected chi connectivity index (χ4v) is 4.62. The zero-order valence-corrected chi connectivity index (χ0v) is 15.7. The summed E-state index contributed by atoms with van der Waals surface area (Å²) in [6, 6.07) is 7.56. The highest BCUT2D eigenvalue weighted by Crippen LogP contribution is 2.25. The van der Waals surface area contributed by atoms with Gasteiger partial charge in [-0.1, -0.05) is 18.2 Å². The Morgan fingerprint density at radius 1 is 1.24 bits per heavy atom. The average molecular weight is 366 g/mol. The molecule has 0 atom stereocenters. The Bertz CT molecular complexity index is 737. The number of nitrogens with two attached hydrogens (primary N) is 1. The molecule has 2 fully saturated rings. The second kappa shape index (κ2) is 7.31. The molecule has 0 radical (unpaired) electrons. The number of aliphatic imine (C=N–C) groups is 1. The van der Waals surface area contributed by atoms with Gasteiger partial charge in [0.2, 0.25) is 10.0 Å². The Morgan fingerprint density at radius 3 is 2.52 bits per heavy atom. The van der Waals surface area contributed by atoms with E-state index in [4.69, 9.17) is 5.73 Å². The van der Waals surface area contributed by atoms with Crippen LogP contribution in [-0.4, -0.2) is 74.8 Å². The normalized spacial score (nSPS) is 20.6. The molecule has 7 nitrogen and oxygen atoms in total. The van der Waals surface area contributed by atoms with Crippen molar-refractivity contribution in [2.45, 2.75) is 30.3 Å². The fourth-order valence-electron chi connectivity index (χ4n) is 2.98. The second-order valence-corrected chi connectivity index (χ2v) is 8.74. The van der Waals surface area contributed by atoms with Gasteiger partial charge in [-0.3, -0.25) is 0 Å². The second-order valence-electron chi connectivity index (χ2n) is 6.83. The lowest BCUT2D eigenvalue weighted by Gasteiger charge is -2.32. The van der Waals surface area contributed by atoms with E-state index in [9.17, 15) is 8.42 Å². The molecule has 1 aromatic rings. The monoisotopic (exact) mass is 365 g/mol. The SMILES string of the molecule is CN1CCN(S(=O)(=O)c2ccccc2CN=C(N)N(C)C2CC2)CC1. The molecule has 8 heteroatoms. The van der Waals surface area contributed by atoms with Gasteiger partial charge in [0.25, 0.3) is 0 Å². The molecule has 1 aliphatic heterocycles. The first-order chi connectivity index (χ1) is 11.9. The lowest BCUT2D eigenvalue weighted by atomic mass is 10.2. The van der Waals surface area contributed by atoms with Crippen LogP contribution in [0.3, 0.4) is 0 Å². The molecular formula is C17H27N5O2S. The molecule has 0 amide bonds. The summed E-state index contributed by atoms with van der Waals surface area (Å²) in [6.45, 7) is 2.80. The summed E-state index contributed by atoms with van der Waals surface area (Å²) in [7, 11) is 0.434. The third-order valence-electron chi connectivity index (χ3n) is 4.92. The zero-order valence-electron chi connectivity index (χ0n) is 14.9. The highest BCUT2D eigenvalue weighted by Gasteiger charge is 2.30.